The summed E-state index contributed by atoms with van der Waals surface area (Å²) in [6, 6.07) is 15.9. The molecule has 0 saturated carbocycles. The smallest absolute Gasteiger partial charge is 0.335 e. The number of aryl methyl sites for hydroxylation is 1. The average molecular weight is 503 g/mol. The molecule has 1 atom stereocenters. The quantitative estimate of drug-likeness (QED) is 0.161. The first-order chi connectivity index (χ1) is 18.0. The van der Waals surface area contributed by atoms with Gasteiger partial charge in [-0.05, 0) is 90.3 Å². The molecule has 1 aliphatic rings. The molecule has 0 aliphatic heterocycles. The average Bonchev–Trinajstić information content (AvgIpc) is 3.15. The second-order valence-electron chi connectivity index (χ2n) is 9.84. The molecule has 0 spiro atoms. The minimum atomic E-state index is -0.520. The highest BCUT2D eigenvalue weighted by Crippen LogP contribution is 2.32. The third-order valence-electron chi connectivity index (χ3n) is 7.00. The zero-order chi connectivity index (χ0) is 26.5. The molecule has 0 bridgehead atoms. The van der Waals surface area contributed by atoms with Crippen molar-refractivity contribution in [3.05, 3.63) is 94.6 Å². The lowest BCUT2D eigenvalue weighted by molar-refractivity contribution is -0.139. The number of methoxy groups -OCH3 is 1. The molecule has 1 aliphatic carbocycles. The van der Waals surface area contributed by atoms with Gasteiger partial charge < -0.3 is 14.6 Å². The lowest BCUT2D eigenvalue weighted by atomic mass is 9.87. The van der Waals surface area contributed by atoms with Crippen LogP contribution in [0, 0.1) is 0 Å². The van der Waals surface area contributed by atoms with E-state index in [2.05, 4.69) is 74.2 Å². The number of unbranched alkanes of at least 4 members (excludes halogenated alkanes) is 1. The standard InChI is InChI=1S/C33H42O4/c1-4-5-9-26-14-16-28(17-15-26)29-10-6-11-30-23-31(18-19-32(30)22-29)27(12-7-20-36-3)13-8-21-37-33(35)25(2)24-34/h6,10,14-19,22-23,27,34H,2,4-5,7-9,11-13,20-21,24H2,1,3H3. The summed E-state index contributed by atoms with van der Waals surface area (Å²) >= 11 is 0. The Morgan fingerprint density at radius 3 is 2.51 bits per heavy atom. The monoisotopic (exact) mass is 502 g/mol. The van der Waals surface area contributed by atoms with Gasteiger partial charge >= 0.3 is 5.97 Å². The minimum absolute atomic E-state index is 0.0929. The van der Waals surface area contributed by atoms with Gasteiger partial charge in [0.2, 0.25) is 0 Å². The van der Waals surface area contributed by atoms with Crippen molar-refractivity contribution >= 4 is 17.6 Å². The van der Waals surface area contributed by atoms with Crippen molar-refractivity contribution in [3.63, 3.8) is 0 Å². The van der Waals surface area contributed by atoms with E-state index in [1.54, 1.807) is 7.11 Å². The summed E-state index contributed by atoms with van der Waals surface area (Å²) in [7, 11) is 1.74. The van der Waals surface area contributed by atoms with E-state index in [1.165, 1.54) is 46.2 Å². The van der Waals surface area contributed by atoms with Crippen LogP contribution in [0.15, 0.2) is 66.8 Å². The minimum Gasteiger partial charge on any atom is -0.462 e. The van der Waals surface area contributed by atoms with Crippen LogP contribution < -0.4 is 0 Å². The normalized spacial score (nSPS) is 13.4. The molecular formula is C33H42O4. The molecule has 0 saturated heterocycles. The summed E-state index contributed by atoms with van der Waals surface area (Å²) in [6.45, 7) is 6.45. The Balaban J connectivity index is 1.71. The maximum Gasteiger partial charge on any atom is 0.335 e. The molecule has 3 rings (SSSR count). The molecule has 2 aromatic rings. The van der Waals surface area contributed by atoms with Gasteiger partial charge in [-0.3, -0.25) is 0 Å². The number of fused-ring (bicyclic) bond motifs is 1. The van der Waals surface area contributed by atoms with E-state index in [4.69, 9.17) is 14.6 Å². The second-order valence-corrected chi connectivity index (χ2v) is 9.84. The summed E-state index contributed by atoms with van der Waals surface area (Å²) in [6.07, 6.45) is 15.0. The Kier molecular flexibility index (Phi) is 11.9. The maximum absolute atomic E-state index is 11.8. The highest BCUT2D eigenvalue weighted by molar-refractivity contribution is 5.89. The van der Waals surface area contributed by atoms with Gasteiger partial charge in [-0.25, -0.2) is 4.79 Å². The number of hydrogen-bond acceptors (Lipinski definition) is 4. The number of aliphatic hydroxyl groups is 1. The first-order valence-corrected chi connectivity index (χ1v) is 13.6. The predicted molar refractivity (Wildman–Crippen MR) is 152 cm³/mol. The van der Waals surface area contributed by atoms with Crippen LogP contribution in [0.25, 0.3) is 11.6 Å². The Morgan fingerprint density at radius 1 is 1.05 bits per heavy atom. The van der Waals surface area contributed by atoms with Gasteiger partial charge in [-0.2, -0.15) is 0 Å². The molecule has 0 amide bonds. The van der Waals surface area contributed by atoms with Crippen molar-refractivity contribution in [3.8, 4) is 0 Å². The molecule has 0 heterocycles. The topological polar surface area (TPSA) is 55.8 Å². The summed E-state index contributed by atoms with van der Waals surface area (Å²) in [4.78, 5) is 11.8. The van der Waals surface area contributed by atoms with Crippen LogP contribution in [0.4, 0.5) is 0 Å². The van der Waals surface area contributed by atoms with Crippen molar-refractivity contribution in [1.82, 2.24) is 0 Å². The third kappa shape index (κ3) is 8.84. The fourth-order valence-corrected chi connectivity index (χ4v) is 4.76. The Labute approximate surface area is 222 Å². The van der Waals surface area contributed by atoms with Crippen LogP contribution in [-0.2, 0) is 27.1 Å². The van der Waals surface area contributed by atoms with Gasteiger partial charge in [0, 0.05) is 13.7 Å². The predicted octanol–water partition coefficient (Wildman–Crippen LogP) is 7.06. The SMILES string of the molecule is C=C(CO)C(=O)OCCCC(CCCOC)c1ccc2c(c1)CC=CC(c1ccc(CCCC)cc1)=C2. The largest absolute Gasteiger partial charge is 0.462 e. The molecule has 37 heavy (non-hydrogen) atoms. The first kappa shape index (κ1) is 28.6. The number of ether oxygens (including phenoxy) is 2. The molecule has 0 fully saturated rings. The molecule has 4 nitrogen and oxygen atoms in total. The third-order valence-corrected chi connectivity index (χ3v) is 7.00. The lowest BCUT2D eigenvalue weighted by Gasteiger charge is -2.19. The van der Waals surface area contributed by atoms with Crippen LogP contribution in [0.3, 0.4) is 0 Å². The van der Waals surface area contributed by atoms with Crippen molar-refractivity contribution < 1.29 is 19.4 Å². The first-order valence-electron chi connectivity index (χ1n) is 13.6. The van der Waals surface area contributed by atoms with Crippen LogP contribution in [-0.4, -0.2) is 38.0 Å². The van der Waals surface area contributed by atoms with E-state index in [9.17, 15) is 4.79 Å². The van der Waals surface area contributed by atoms with Gasteiger partial charge in [-0.15, -0.1) is 0 Å². The molecule has 0 aromatic heterocycles. The van der Waals surface area contributed by atoms with E-state index in [0.717, 1.165) is 45.1 Å². The summed E-state index contributed by atoms with van der Waals surface area (Å²) in [5, 5.41) is 9.04. The Morgan fingerprint density at radius 2 is 1.81 bits per heavy atom. The van der Waals surface area contributed by atoms with Gasteiger partial charge in [-0.1, -0.05) is 74.5 Å². The van der Waals surface area contributed by atoms with Crippen molar-refractivity contribution in [2.24, 2.45) is 0 Å². The Bertz CT molecular complexity index is 1080. The summed E-state index contributed by atoms with van der Waals surface area (Å²) in [5.41, 5.74) is 7.93. The molecule has 0 radical (unpaired) electrons. The van der Waals surface area contributed by atoms with Crippen molar-refractivity contribution in [2.75, 3.05) is 26.9 Å². The van der Waals surface area contributed by atoms with Crippen LogP contribution in [0.1, 0.15) is 79.2 Å². The van der Waals surface area contributed by atoms with Crippen LogP contribution in [0.2, 0.25) is 0 Å². The fourth-order valence-electron chi connectivity index (χ4n) is 4.76. The zero-order valence-corrected chi connectivity index (χ0v) is 22.5. The van der Waals surface area contributed by atoms with E-state index in [-0.39, 0.29) is 12.2 Å². The van der Waals surface area contributed by atoms with E-state index < -0.39 is 5.97 Å². The second kappa shape index (κ2) is 15.3. The summed E-state index contributed by atoms with van der Waals surface area (Å²) in [5.74, 6) is -0.153. The number of esters is 1. The summed E-state index contributed by atoms with van der Waals surface area (Å²) < 4.78 is 10.5. The van der Waals surface area contributed by atoms with Gasteiger partial charge in [0.25, 0.3) is 0 Å². The maximum atomic E-state index is 11.8. The number of carbonyl (C=O) groups is 1. The van der Waals surface area contributed by atoms with E-state index >= 15 is 0 Å². The lowest BCUT2D eigenvalue weighted by Crippen LogP contribution is -2.11. The van der Waals surface area contributed by atoms with Crippen molar-refractivity contribution in [2.45, 2.75) is 64.2 Å². The van der Waals surface area contributed by atoms with Crippen molar-refractivity contribution in [1.29, 1.82) is 0 Å². The fraction of sp³-hybridized carbons (Fsp3) is 0.424. The molecule has 2 aromatic carbocycles. The number of allylic oxidation sites excluding steroid dienone is 3. The van der Waals surface area contributed by atoms with E-state index in [1.807, 2.05) is 0 Å². The highest BCUT2D eigenvalue weighted by atomic mass is 16.5. The zero-order valence-electron chi connectivity index (χ0n) is 22.5. The van der Waals surface area contributed by atoms with Gasteiger partial charge in [0.15, 0.2) is 0 Å². The number of carbonyl (C=O) groups excluding carboxylic acids is 1. The Hall–Kier alpha value is -2.95. The highest BCUT2D eigenvalue weighted by Gasteiger charge is 2.15. The number of aliphatic hydroxyl groups excluding tert-OH is 1. The van der Waals surface area contributed by atoms with Gasteiger partial charge in [0.05, 0.1) is 18.8 Å². The van der Waals surface area contributed by atoms with Crippen LogP contribution in [0.5, 0.6) is 0 Å². The molecule has 198 valence electrons. The van der Waals surface area contributed by atoms with Crippen LogP contribution >= 0.6 is 0 Å². The van der Waals surface area contributed by atoms with Gasteiger partial charge in [0.1, 0.15) is 0 Å². The number of benzene rings is 2. The molecule has 1 N–H and O–H groups in total. The number of rotatable bonds is 15. The molecular weight excluding hydrogens is 460 g/mol. The van der Waals surface area contributed by atoms with E-state index in [0.29, 0.717) is 12.5 Å². The molecule has 4 heteroatoms. The number of hydrogen-bond donors (Lipinski definition) is 1. The molecule has 1 unspecified atom stereocenters.